The summed E-state index contributed by atoms with van der Waals surface area (Å²) < 4.78 is 4.64. The third-order valence-corrected chi connectivity index (χ3v) is 2.41. The van der Waals surface area contributed by atoms with Crippen molar-refractivity contribution in [2.75, 3.05) is 11.9 Å². The van der Waals surface area contributed by atoms with Gasteiger partial charge in [0.15, 0.2) is 0 Å². The molecule has 0 aliphatic rings. The van der Waals surface area contributed by atoms with Gasteiger partial charge in [-0.2, -0.15) is 0 Å². The van der Waals surface area contributed by atoms with Crippen LogP contribution in [0.1, 0.15) is 21.5 Å². The number of benzene rings is 1. The van der Waals surface area contributed by atoms with Crippen molar-refractivity contribution in [3.63, 3.8) is 0 Å². The average Bonchev–Trinajstić information content (AvgIpc) is 2.89. The van der Waals surface area contributed by atoms with E-state index >= 15 is 0 Å². The Labute approximate surface area is 110 Å². The molecule has 1 heterocycles. The topological polar surface area (TPSA) is 75.4 Å². The van der Waals surface area contributed by atoms with E-state index in [-0.39, 0.29) is 12.5 Å². The largest absolute Gasteiger partial charge is 0.384 e. The minimum Gasteiger partial charge on any atom is -0.384 e. The van der Waals surface area contributed by atoms with Crippen molar-refractivity contribution in [2.24, 2.45) is 0 Å². The number of aliphatic hydroxyl groups is 1. The number of nitrogens with one attached hydrogen (secondary N) is 1. The van der Waals surface area contributed by atoms with Gasteiger partial charge in [-0.3, -0.25) is 4.79 Å². The van der Waals surface area contributed by atoms with E-state index in [0.29, 0.717) is 16.8 Å². The minimum atomic E-state index is -0.301. The molecular formula is C14H12N2O3. The van der Waals surface area contributed by atoms with Gasteiger partial charge in [-0.15, -0.1) is 0 Å². The van der Waals surface area contributed by atoms with Gasteiger partial charge < -0.3 is 14.9 Å². The summed E-state index contributed by atoms with van der Waals surface area (Å²) >= 11 is 0. The monoisotopic (exact) mass is 256 g/mol. The molecule has 0 atom stereocenters. The SMILES string of the molecule is Cc1ccc(C(=O)Nc2cnoc2)c(C#CCO)c1. The van der Waals surface area contributed by atoms with Gasteiger partial charge in [-0.1, -0.05) is 23.1 Å². The van der Waals surface area contributed by atoms with Gasteiger partial charge in [0.25, 0.3) is 5.91 Å². The van der Waals surface area contributed by atoms with Crippen LogP contribution in [0.25, 0.3) is 0 Å². The normalized spacial score (nSPS) is 9.58. The Hall–Kier alpha value is -2.58. The Morgan fingerprint density at radius 3 is 3.05 bits per heavy atom. The lowest BCUT2D eigenvalue weighted by atomic mass is 10.0. The molecule has 1 aromatic carbocycles. The predicted molar refractivity (Wildman–Crippen MR) is 69.6 cm³/mol. The molecular weight excluding hydrogens is 244 g/mol. The molecule has 2 rings (SSSR count). The number of carbonyl (C=O) groups excluding carboxylic acids is 1. The van der Waals surface area contributed by atoms with Gasteiger partial charge in [0, 0.05) is 5.56 Å². The van der Waals surface area contributed by atoms with Gasteiger partial charge in [0.2, 0.25) is 0 Å². The van der Waals surface area contributed by atoms with E-state index in [2.05, 4.69) is 26.8 Å². The van der Waals surface area contributed by atoms with Crippen LogP contribution in [0.15, 0.2) is 35.2 Å². The first-order chi connectivity index (χ1) is 9.20. The van der Waals surface area contributed by atoms with Crippen molar-refractivity contribution < 1.29 is 14.4 Å². The number of aromatic nitrogens is 1. The number of aryl methyl sites for hydroxylation is 1. The molecule has 0 bridgehead atoms. The summed E-state index contributed by atoms with van der Waals surface area (Å²) in [5.41, 5.74) is 2.48. The summed E-state index contributed by atoms with van der Waals surface area (Å²) in [6.45, 7) is 1.66. The zero-order valence-electron chi connectivity index (χ0n) is 10.3. The van der Waals surface area contributed by atoms with Crippen molar-refractivity contribution in [1.29, 1.82) is 0 Å². The van der Waals surface area contributed by atoms with E-state index in [1.54, 1.807) is 12.1 Å². The van der Waals surface area contributed by atoms with E-state index in [0.717, 1.165) is 5.56 Å². The molecule has 2 N–H and O–H groups in total. The molecule has 19 heavy (non-hydrogen) atoms. The molecule has 1 aromatic heterocycles. The molecule has 0 saturated carbocycles. The van der Waals surface area contributed by atoms with Gasteiger partial charge in [-0.05, 0) is 24.6 Å². The Bertz CT molecular complexity index is 636. The number of aliphatic hydroxyl groups excluding tert-OH is 1. The zero-order valence-corrected chi connectivity index (χ0v) is 10.3. The van der Waals surface area contributed by atoms with Crippen LogP contribution in [0.2, 0.25) is 0 Å². The maximum atomic E-state index is 12.1. The van der Waals surface area contributed by atoms with E-state index in [1.165, 1.54) is 12.5 Å². The number of hydrogen-bond acceptors (Lipinski definition) is 4. The molecule has 0 fully saturated rings. The maximum absolute atomic E-state index is 12.1. The molecule has 0 unspecified atom stereocenters. The molecule has 0 aliphatic heterocycles. The maximum Gasteiger partial charge on any atom is 0.257 e. The van der Waals surface area contributed by atoms with Crippen molar-refractivity contribution >= 4 is 11.6 Å². The summed E-state index contributed by atoms with van der Waals surface area (Å²) in [4.78, 5) is 12.1. The van der Waals surface area contributed by atoms with Crippen LogP contribution in [-0.2, 0) is 0 Å². The van der Waals surface area contributed by atoms with Crippen LogP contribution in [0.4, 0.5) is 5.69 Å². The number of carbonyl (C=O) groups is 1. The molecule has 0 radical (unpaired) electrons. The lowest BCUT2D eigenvalue weighted by Gasteiger charge is -2.05. The Morgan fingerprint density at radius 1 is 1.53 bits per heavy atom. The minimum absolute atomic E-state index is 0.249. The molecule has 5 nitrogen and oxygen atoms in total. The lowest BCUT2D eigenvalue weighted by Crippen LogP contribution is -2.13. The fraction of sp³-hybridized carbons (Fsp3) is 0.143. The highest BCUT2D eigenvalue weighted by atomic mass is 16.5. The molecule has 5 heteroatoms. The lowest BCUT2D eigenvalue weighted by molar-refractivity contribution is 0.102. The highest BCUT2D eigenvalue weighted by Crippen LogP contribution is 2.13. The molecule has 0 saturated heterocycles. The molecule has 0 aliphatic carbocycles. The van der Waals surface area contributed by atoms with Gasteiger partial charge in [0.05, 0.1) is 11.8 Å². The Morgan fingerprint density at radius 2 is 2.37 bits per heavy atom. The quantitative estimate of drug-likeness (QED) is 0.800. The summed E-state index contributed by atoms with van der Waals surface area (Å²) in [7, 11) is 0. The van der Waals surface area contributed by atoms with Crippen LogP contribution in [0.5, 0.6) is 0 Å². The first-order valence-corrected chi connectivity index (χ1v) is 5.62. The smallest absolute Gasteiger partial charge is 0.257 e. The van der Waals surface area contributed by atoms with Crippen LogP contribution < -0.4 is 5.32 Å². The Kier molecular flexibility index (Phi) is 3.96. The van der Waals surface area contributed by atoms with E-state index in [4.69, 9.17) is 5.11 Å². The summed E-state index contributed by atoms with van der Waals surface area (Å²) in [5.74, 6) is 5.00. The fourth-order valence-corrected chi connectivity index (χ4v) is 1.56. The number of rotatable bonds is 2. The zero-order chi connectivity index (χ0) is 13.7. The van der Waals surface area contributed by atoms with Gasteiger partial charge >= 0.3 is 0 Å². The van der Waals surface area contributed by atoms with E-state index < -0.39 is 0 Å². The summed E-state index contributed by atoms with van der Waals surface area (Å²) in [6, 6.07) is 5.32. The van der Waals surface area contributed by atoms with E-state index in [9.17, 15) is 4.79 Å². The van der Waals surface area contributed by atoms with Gasteiger partial charge in [-0.25, -0.2) is 0 Å². The first-order valence-electron chi connectivity index (χ1n) is 5.62. The van der Waals surface area contributed by atoms with Crippen LogP contribution in [-0.4, -0.2) is 22.8 Å². The second-order valence-corrected chi connectivity index (χ2v) is 3.88. The predicted octanol–water partition coefficient (Wildman–Crippen LogP) is 1.58. The molecule has 2 aromatic rings. The first kappa shape index (κ1) is 12.9. The highest BCUT2D eigenvalue weighted by Gasteiger charge is 2.11. The third kappa shape index (κ3) is 3.21. The standard InChI is InChI=1S/C14H12N2O3/c1-10-4-5-13(11(7-10)3-2-6-17)14(18)16-12-8-15-19-9-12/h4-5,7-9,17H,6H2,1H3,(H,16,18). The van der Waals surface area contributed by atoms with Crippen molar-refractivity contribution in [3.8, 4) is 11.8 Å². The van der Waals surface area contributed by atoms with Crippen LogP contribution >= 0.6 is 0 Å². The van der Waals surface area contributed by atoms with Crippen LogP contribution in [0, 0.1) is 18.8 Å². The van der Waals surface area contributed by atoms with E-state index in [1.807, 2.05) is 13.0 Å². The Balaban J connectivity index is 2.30. The number of hydrogen-bond donors (Lipinski definition) is 2. The molecule has 0 spiro atoms. The van der Waals surface area contributed by atoms with Crippen LogP contribution in [0.3, 0.4) is 0 Å². The average molecular weight is 256 g/mol. The number of nitrogens with zero attached hydrogens (tertiary/aromatic N) is 1. The van der Waals surface area contributed by atoms with Crippen molar-refractivity contribution in [2.45, 2.75) is 6.92 Å². The molecule has 96 valence electrons. The molecule has 1 amide bonds. The summed E-state index contributed by atoms with van der Waals surface area (Å²) in [6.07, 6.45) is 2.75. The second kappa shape index (κ2) is 5.85. The third-order valence-electron chi connectivity index (χ3n) is 2.41. The highest BCUT2D eigenvalue weighted by molar-refractivity contribution is 6.05. The van der Waals surface area contributed by atoms with Crippen molar-refractivity contribution in [1.82, 2.24) is 5.16 Å². The number of amides is 1. The number of anilines is 1. The fourth-order valence-electron chi connectivity index (χ4n) is 1.56. The van der Waals surface area contributed by atoms with Gasteiger partial charge in [0.1, 0.15) is 18.6 Å². The second-order valence-electron chi connectivity index (χ2n) is 3.88. The van der Waals surface area contributed by atoms with Crippen molar-refractivity contribution in [3.05, 3.63) is 47.3 Å². The summed E-state index contributed by atoms with van der Waals surface area (Å²) in [5, 5.41) is 14.9.